The molecule has 0 atom stereocenters. The molecule has 0 aliphatic rings. The molecule has 2 aromatic rings. The summed E-state index contributed by atoms with van der Waals surface area (Å²) in [6.45, 7) is 5.39. The first-order chi connectivity index (χ1) is 8.20. The molecule has 0 fully saturated rings. The third-order valence-corrected chi connectivity index (χ3v) is 2.39. The summed E-state index contributed by atoms with van der Waals surface area (Å²) in [4.78, 5) is 19.8. The molecule has 1 heterocycles. The number of carbonyl (C=O) groups excluding carboxylic acids is 1. The lowest BCUT2D eigenvalue weighted by molar-refractivity contribution is 0.104. The van der Waals surface area contributed by atoms with Crippen LogP contribution in [-0.2, 0) is 0 Å². The predicted molar refractivity (Wildman–Crippen MR) is 66.7 cm³/mol. The average Bonchev–Trinajstić information content (AvgIpc) is 2.39. The Kier molecular flexibility index (Phi) is 3.10. The number of hydrogen-bond donors (Lipinski definition) is 0. The van der Waals surface area contributed by atoms with Crippen molar-refractivity contribution in [1.82, 2.24) is 9.97 Å². The topological polar surface area (TPSA) is 42.9 Å². The summed E-state index contributed by atoms with van der Waals surface area (Å²) in [5.74, 6) is 0.578. The molecule has 0 bridgehead atoms. The van der Waals surface area contributed by atoms with Crippen LogP contribution in [0.5, 0.6) is 0 Å². The highest BCUT2D eigenvalue weighted by atomic mass is 16.1. The number of nitrogens with zero attached hydrogens (tertiary/aromatic N) is 2. The molecule has 3 nitrogen and oxygen atoms in total. The zero-order chi connectivity index (χ0) is 12.3. The Hall–Kier alpha value is -2.29. The van der Waals surface area contributed by atoms with Gasteiger partial charge < -0.3 is 0 Å². The fourth-order valence-electron chi connectivity index (χ4n) is 1.44. The van der Waals surface area contributed by atoms with E-state index < -0.39 is 0 Å². The van der Waals surface area contributed by atoms with Gasteiger partial charge in [-0.2, -0.15) is 0 Å². The van der Waals surface area contributed by atoms with Crippen LogP contribution in [0.2, 0.25) is 0 Å². The Morgan fingerprint density at radius 2 is 1.76 bits per heavy atom. The minimum atomic E-state index is -0.0821. The van der Waals surface area contributed by atoms with Crippen molar-refractivity contribution in [2.75, 3.05) is 0 Å². The van der Waals surface area contributed by atoms with Crippen molar-refractivity contribution < 1.29 is 4.79 Å². The third kappa shape index (κ3) is 2.45. The molecule has 84 valence electrons. The van der Waals surface area contributed by atoms with Gasteiger partial charge >= 0.3 is 0 Å². The van der Waals surface area contributed by atoms with E-state index in [-0.39, 0.29) is 5.78 Å². The first kappa shape index (κ1) is 11.2. The molecule has 17 heavy (non-hydrogen) atoms. The van der Waals surface area contributed by atoms with Crippen molar-refractivity contribution in [3.63, 3.8) is 0 Å². The van der Waals surface area contributed by atoms with Gasteiger partial charge in [-0.1, -0.05) is 30.8 Å². The number of rotatable bonds is 3. The van der Waals surface area contributed by atoms with Gasteiger partial charge in [0.05, 0.1) is 0 Å². The standard InChI is InChI=1S/C14H12N2O/c1-3-13(17)11-4-6-12(7-5-11)14-15-8-10(2)9-16-14/h3-9H,1H2,2H3. The molecule has 0 saturated carbocycles. The molecule has 0 spiro atoms. The van der Waals surface area contributed by atoms with Gasteiger partial charge in [0.1, 0.15) is 0 Å². The molecular formula is C14H12N2O. The minimum Gasteiger partial charge on any atom is -0.289 e. The van der Waals surface area contributed by atoms with Crippen LogP contribution in [0, 0.1) is 6.92 Å². The molecule has 0 amide bonds. The second-order valence-corrected chi connectivity index (χ2v) is 3.73. The van der Waals surface area contributed by atoms with Crippen LogP contribution in [0.1, 0.15) is 15.9 Å². The summed E-state index contributed by atoms with van der Waals surface area (Å²) in [7, 11) is 0. The van der Waals surface area contributed by atoms with Crippen LogP contribution >= 0.6 is 0 Å². The quantitative estimate of drug-likeness (QED) is 0.594. The molecule has 0 unspecified atom stereocenters. The largest absolute Gasteiger partial charge is 0.289 e. The van der Waals surface area contributed by atoms with Crippen LogP contribution in [-0.4, -0.2) is 15.8 Å². The van der Waals surface area contributed by atoms with Gasteiger partial charge in [-0.3, -0.25) is 4.79 Å². The van der Waals surface area contributed by atoms with Gasteiger partial charge in [0.15, 0.2) is 11.6 Å². The van der Waals surface area contributed by atoms with Crippen LogP contribution < -0.4 is 0 Å². The Bertz CT molecular complexity index is 541. The maximum atomic E-state index is 11.4. The molecule has 0 aliphatic heterocycles. The van der Waals surface area contributed by atoms with Crippen LogP contribution in [0.4, 0.5) is 0 Å². The number of allylic oxidation sites excluding steroid dienone is 1. The highest BCUT2D eigenvalue weighted by Gasteiger charge is 2.03. The maximum Gasteiger partial charge on any atom is 0.185 e. The molecule has 2 rings (SSSR count). The van der Waals surface area contributed by atoms with Gasteiger partial charge in [-0.05, 0) is 18.6 Å². The van der Waals surface area contributed by atoms with Crippen molar-refractivity contribution in [2.45, 2.75) is 6.92 Å². The summed E-state index contributed by atoms with van der Waals surface area (Å²) in [6.07, 6.45) is 4.84. The van der Waals surface area contributed by atoms with E-state index in [2.05, 4.69) is 16.5 Å². The van der Waals surface area contributed by atoms with Crippen LogP contribution in [0.25, 0.3) is 11.4 Å². The first-order valence-electron chi connectivity index (χ1n) is 5.26. The number of hydrogen-bond acceptors (Lipinski definition) is 3. The average molecular weight is 224 g/mol. The number of benzene rings is 1. The van der Waals surface area contributed by atoms with E-state index in [9.17, 15) is 4.79 Å². The summed E-state index contributed by atoms with van der Waals surface area (Å²) in [5.41, 5.74) is 2.54. The number of carbonyl (C=O) groups is 1. The van der Waals surface area contributed by atoms with Crippen LogP contribution in [0.3, 0.4) is 0 Å². The lowest BCUT2D eigenvalue weighted by atomic mass is 10.1. The molecule has 1 aromatic carbocycles. The second-order valence-electron chi connectivity index (χ2n) is 3.73. The van der Waals surface area contributed by atoms with Crippen molar-refractivity contribution in [2.24, 2.45) is 0 Å². The van der Waals surface area contributed by atoms with Crippen molar-refractivity contribution >= 4 is 5.78 Å². The van der Waals surface area contributed by atoms with Gasteiger partial charge in [-0.25, -0.2) is 9.97 Å². The van der Waals surface area contributed by atoms with E-state index in [1.165, 1.54) is 6.08 Å². The highest BCUT2D eigenvalue weighted by molar-refractivity contribution is 6.04. The number of ketones is 1. The van der Waals surface area contributed by atoms with Gasteiger partial charge in [0.25, 0.3) is 0 Å². The van der Waals surface area contributed by atoms with Crippen molar-refractivity contribution in [3.8, 4) is 11.4 Å². The molecule has 0 N–H and O–H groups in total. The summed E-state index contributed by atoms with van der Waals surface area (Å²) in [6, 6.07) is 7.17. The molecule has 0 aliphatic carbocycles. The Morgan fingerprint density at radius 1 is 1.18 bits per heavy atom. The summed E-state index contributed by atoms with van der Waals surface area (Å²) in [5, 5.41) is 0. The first-order valence-corrected chi connectivity index (χ1v) is 5.26. The Labute approximate surface area is 99.9 Å². The van der Waals surface area contributed by atoms with E-state index >= 15 is 0 Å². The monoisotopic (exact) mass is 224 g/mol. The zero-order valence-corrected chi connectivity index (χ0v) is 9.55. The molecule has 0 radical (unpaired) electrons. The molecular weight excluding hydrogens is 212 g/mol. The zero-order valence-electron chi connectivity index (χ0n) is 9.55. The lowest BCUT2D eigenvalue weighted by Crippen LogP contribution is -1.94. The van der Waals surface area contributed by atoms with Gasteiger partial charge in [0, 0.05) is 23.5 Å². The summed E-state index contributed by atoms with van der Waals surface area (Å²) < 4.78 is 0. The van der Waals surface area contributed by atoms with Crippen molar-refractivity contribution in [1.29, 1.82) is 0 Å². The van der Waals surface area contributed by atoms with Gasteiger partial charge in [0.2, 0.25) is 0 Å². The fourth-order valence-corrected chi connectivity index (χ4v) is 1.44. The fraction of sp³-hybridized carbons (Fsp3) is 0.0714. The Balaban J connectivity index is 2.32. The SMILES string of the molecule is C=CC(=O)c1ccc(-c2ncc(C)cn2)cc1. The minimum absolute atomic E-state index is 0.0821. The smallest absolute Gasteiger partial charge is 0.185 e. The lowest BCUT2D eigenvalue weighted by Gasteiger charge is -2.01. The second kappa shape index (κ2) is 4.70. The Morgan fingerprint density at radius 3 is 2.29 bits per heavy atom. The number of aromatic nitrogens is 2. The predicted octanol–water partition coefficient (Wildman–Crippen LogP) is 2.82. The van der Waals surface area contributed by atoms with E-state index in [4.69, 9.17) is 0 Å². The normalized spacial score (nSPS) is 9.94. The van der Waals surface area contributed by atoms with E-state index in [1.807, 2.05) is 19.1 Å². The number of aryl methyl sites for hydroxylation is 1. The van der Waals surface area contributed by atoms with Gasteiger partial charge in [-0.15, -0.1) is 0 Å². The third-order valence-electron chi connectivity index (χ3n) is 2.39. The van der Waals surface area contributed by atoms with E-state index in [0.29, 0.717) is 11.4 Å². The molecule has 1 aromatic heterocycles. The highest BCUT2D eigenvalue weighted by Crippen LogP contribution is 2.15. The summed E-state index contributed by atoms with van der Waals surface area (Å²) >= 11 is 0. The van der Waals surface area contributed by atoms with Crippen LogP contribution in [0.15, 0.2) is 49.3 Å². The molecule has 0 saturated heterocycles. The van der Waals surface area contributed by atoms with Crippen molar-refractivity contribution in [3.05, 3.63) is 60.4 Å². The molecule has 3 heteroatoms. The van der Waals surface area contributed by atoms with E-state index in [1.54, 1.807) is 24.5 Å². The van der Waals surface area contributed by atoms with E-state index in [0.717, 1.165) is 11.1 Å². The maximum absolute atomic E-state index is 11.4.